The minimum absolute atomic E-state index is 0.0180. The zero-order valence-corrected chi connectivity index (χ0v) is 19.6. The van der Waals surface area contributed by atoms with Crippen LogP contribution in [0.5, 0.6) is 5.75 Å². The van der Waals surface area contributed by atoms with Crippen molar-refractivity contribution in [1.29, 1.82) is 0 Å². The van der Waals surface area contributed by atoms with Gasteiger partial charge in [0.15, 0.2) is 6.61 Å². The zero-order chi connectivity index (χ0) is 23.3. The van der Waals surface area contributed by atoms with Gasteiger partial charge in [0.05, 0.1) is 5.02 Å². The number of carbonyl (C=O) groups excluding carboxylic acids is 2. The van der Waals surface area contributed by atoms with Gasteiger partial charge in [0.25, 0.3) is 11.8 Å². The Morgan fingerprint density at radius 2 is 1.53 bits per heavy atom. The summed E-state index contributed by atoms with van der Waals surface area (Å²) in [6.07, 6.45) is 0. The van der Waals surface area contributed by atoms with Crippen molar-refractivity contribution >= 4 is 46.4 Å². The van der Waals surface area contributed by atoms with Crippen LogP contribution in [0.2, 0.25) is 10.0 Å². The van der Waals surface area contributed by atoms with E-state index in [9.17, 15) is 9.59 Å². The molecule has 0 aliphatic rings. The number of rotatable bonds is 6. The van der Waals surface area contributed by atoms with Crippen LogP contribution in [0.4, 0.5) is 11.4 Å². The summed E-state index contributed by atoms with van der Waals surface area (Å²) < 4.78 is 5.44. The fraction of sp³-hybridized carbons (Fsp3) is 0.200. The Morgan fingerprint density at radius 3 is 2.16 bits per heavy atom. The topological polar surface area (TPSA) is 67.4 Å². The normalized spacial score (nSPS) is 11.0. The third-order valence-corrected chi connectivity index (χ3v) is 5.20. The maximum atomic E-state index is 12.6. The van der Waals surface area contributed by atoms with Gasteiger partial charge in [-0.1, -0.05) is 62.2 Å². The highest BCUT2D eigenvalue weighted by molar-refractivity contribution is 6.35. The van der Waals surface area contributed by atoms with E-state index in [1.807, 2.05) is 12.1 Å². The molecule has 0 aromatic heterocycles. The summed E-state index contributed by atoms with van der Waals surface area (Å²) in [5, 5.41) is 6.39. The van der Waals surface area contributed by atoms with E-state index in [2.05, 4.69) is 31.4 Å². The largest absolute Gasteiger partial charge is 0.482 e. The van der Waals surface area contributed by atoms with E-state index in [1.54, 1.807) is 54.6 Å². The summed E-state index contributed by atoms with van der Waals surface area (Å²) in [6.45, 7) is 6.14. The molecule has 3 aromatic rings. The highest BCUT2D eigenvalue weighted by atomic mass is 35.5. The van der Waals surface area contributed by atoms with Crippen molar-refractivity contribution in [3.63, 3.8) is 0 Å². The van der Waals surface area contributed by atoms with Gasteiger partial charge in [0.1, 0.15) is 5.75 Å². The number of hydrogen-bond acceptors (Lipinski definition) is 3. The highest BCUT2D eigenvalue weighted by Gasteiger charge is 2.14. The van der Waals surface area contributed by atoms with Gasteiger partial charge < -0.3 is 15.4 Å². The predicted molar refractivity (Wildman–Crippen MR) is 130 cm³/mol. The Hall–Kier alpha value is -3.02. The molecule has 0 atom stereocenters. The summed E-state index contributed by atoms with van der Waals surface area (Å²) in [5.41, 5.74) is 2.82. The van der Waals surface area contributed by atoms with Gasteiger partial charge in [0, 0.05) is 22.0 Å². The van der Waals surface area contributed by atoms with Crippen LogP contribution in [0.1, 0.15) is 36.7 Å². The molecule has 2 amide bonds. The van der Waals surface area contributed by atoms with E-state index >= 15 is 0 Å². The van der Waals surface area contributed by atoms with Crippen LogP contribution in [0, 0.1) is 0 Å². The SMILES string of the molecule is CC(C)(C)c1ccc(C(=O)Nc2cccc(NC(=O)COc3ccc(Cl)cc3Cl)c2)cc1. The highest BCUT2D eigenvalue weighted by Crippen LogP contribution is 2.27. The molecule has 0 spiro atoms. The number of carbonyl (C=O) groups is 2. The molecule has 32 heavy (non-hydrogen) atoms. The van der Waals surface area contributed by atoms with Crippen LogP contribution >= 0.6 is 23.2 Å². The van der Waals surface area contributed by atoms with E-state index in [4.69, 9.17) is 27.9 Å². The number of nitrogens with one attached hydrogen (secondary N) is 2. The first kappa shape index (κ1) is 23.6. The van der Waals surface area contributed by atoms with Crippen LogP contribution in [0.15, 0.2) is 66.7 Å². The monoisotopic (exact) mass is 470 g/mol. The molecule has 0 saturated heterocycles. The summed E-state index contributed by atoms with van der Waals surface area (Å²) in [4.78, 5) is 24.8. The fourth-order valence-corrected chi connectivity index (χ4v) is 3.40. The Kier molecular flexibility index (Phi) is 7.44. The molecule has 0 radical (unpaired) electrons. The lowest BCUT2D eigenvalue weighted by atomic mass is 9.87. The van der Waals surface area contributed by atoms with Crippen LogP contribution in [0.25, 0.3) is 0 Å². The van der Waals surface area contributed by atoms with Crippen LogP contribution in [-0.4, -0.2) is 18.4 Å². The molecule has 0 saturated carbocycles. The first-order valence-electron chi connectivity index (χ1n) is 10.0. The summed E-state index contributed by atoms with van der Waals surface area (Å²) >= 11 is 11.9. The fourth-order valence-electron chi connectivity index (χ4n) is 2.93. The number of amides is 2. The Morgan fingerprint density at radius 1 is 0.875 bits per heavy atom. The van der Waals surface area contributed by atoms with Crippen LogP contribution in [-0.2, 0) is 10.2 Å². The van der Waals surface area contributed by atoms with E-state index in [0.717, 1.165) is 5.56 Å². The molecule has 3 aromatic carbocycles. The molecule has 0 bridgehead atoms. The summed E-state index contributed by atoms with van der Waals surface area (Å²) in [6, 6.07) is 19.2. The van der Waals surface area contributed by atoms with Crippen molar-refractivity contribution in [3.8, 4) is 5.75 Å². The van der Waals surface area contributed by atoms with Crippen LogP contribution < -0.4 is 15.4 Å². The molecular formula is C25H24Cl2N2O3. The van der Waals surface area contributed by atoms with Crippen molar-refractivity contribution in [1.82, 2.24) is 0 Å². The van der Waals surface area contributed by atoms with Gasteiger partial charge in [-0.15, -0.1) is 0 Å². The van der Waals surface area contributed by atoms with Crippen molar-refractivity contribution in [2.45, 2.75) is 26.2 Å². The smallest absolute Gasteiger partial charge is 0.262 e. The minimum atomic E-state index is -0.364. The van der Waals surface area contributed by atoms with E-state index in [1.165, 1.54) is 0 Å². The lowest BCUT2D eigenvalue weighted by Gasteiger charge is -2.19. The molecule has 166 valence electrons. The average Bonchev–Trinajstić information content (AvgIpc) is 2.73. The number of ether oxygens (including phenoxy) is 1. The summed E-state index contributed by atoms with van der Waals surface area (Å²) in [7, 11) is 0. The lowest BCUT2D eigenvalue weighted by molar-refractivity contribution is -0.118. The number of benzene rings is 3. The molecule has 2 N–H and O–H groups in total. The molecule has 0 aliphatic heterocycles. The van der Waals surface area contributed by atoms with Crippen molar-refractivity contribution in [2.24, 2.45) is 0 Å². The van der Waals surface area contributed by atoms with E-state index in [-0.39, 0.29) is 23.8 Å². The molecule has 0 unspecified atom stereocenters. The second-order valence-electron chi connectivity index (χ2n) is 8.27. The van der Waals surface area contributed by atoms with Gasteiger partial charge in [-0.2, -0.15) is 0 Å². The zero-order valence-electron chi connectivity index (χ0n) is 18.0. The van der Waals surface area contributed by atoms with Gasteiger partial charge in [-0.05, 0) is 59.5 Å². The Labute approximate surface area is 197 Å². The molecular weight excluding hydrogens is 447 g/mol. The summed E-state index contributed by atoms with van der Waals surface area (Å²) in [5.74, 6) is -0.225. The van der Waals surface area contributed by atoms with Crippen molar-refractivity contribution < 1.29 is 14.3 Å². The van der Waals surface area contributed by atoms with Crippen molar-refractivity contribution in [3.05, 3.63) is 87.9 Å². The Bertz CT molecular complexity index is 1120. The Balaban J connectivity index is 1.58. The molecule has 0 fully saturated rings. The van der Waals surface area contributed by atoms with Gasteiger partial charge in [0.2, 0.25) is 0 Å². The number of hydrogen-bond donors (Lipinski definition) is 2. The average molecular weight is 471 g/mol. The van der Waals surface area contributed by atoms with Gasteiger partial charge >= 0.3 is 0 Å². The quantitative estimate of drug-likeness (QED) is 0.428. The maximum Gasteiger partial charge on any atom is 0.262 e. The van der Waals surface area contributed by atoms with Gasteiger partial charge in [-0.3, -0.25) is 9.59 Å². The van der Waals surface area contributed by atoms with E-state index in [0.29, 0.717) is 32.7 Å². The third-order valence-electron chi connectivity index (χ3n) is 4.67. The predicted octanol–water partition coefficient (Wildman–Crippen LogP) is 6.56. The van der Waals surface area contributed by atoms with Gasteiger partial charge in [-0.25, -0.2) is 0 Å². The number of anilines is 2. The van der Waals surface area contributed by atoms with Crippen LogP contribution in [0.3, 0.4) is 0 Å². The molecule has 5 nitrogen and oxygen atoms in total. The molecule has 0 aliphatic carbocycles. The molecule has 0 heterocycles. The molecule has 3 rings (SSSR count). The second kappa shape index (κ2) is 10.1. The first-order chi connectivity index (χ1) is 15.1. The van der Waals surface area contributed by atoms with E-state index < -0.39 is 0 Å². The lowest BCUT2D eigenvalue weighted by Crippen LogP contribution is -2.20. The minimum Gasteiger partial charge on any atom is -0.482 e. The molecule has 7 heteroatoms. The van der Waals surface area contributed by atoms with Crippen molar-refractivity contribution in [2.75, 3.05) is 17.2 Å². The number of halogens is 2. The maximum absolute atomic E-state index is 12.6. The first-order valence-corrected chi connectivity index (χ1v) is 10.8. The third kappa shape index (κ3) is 6.49. The second-order valence-corrected chi connectivity index (χ2v) is 9.12. The standard InChI is InChI=1S/C25H24Cl2N2O3/c1-25(2,3)17-9-7-16(8-10-17)24(31)29-20-6-4-5-19(14-20)28-23(30)15-32-22-12-11-18(26)13-21(22)27/h4-14H,15H2,1-3H3,(H,28,30)(H,29,31).